The molecule has 5 heteroatoms. The van der Waals surface area contributed by atoms with Crippen molar-refractivity contribution < 1.29 is 4.79 Å². The lowest BCUT2D eigenvalue weighted by Crippen LogP contribution is -2.12. The van der Waals surface area contributed by atoms with E-state index in [2.05, 4.69) is 5.10 Å². The first-order chi connectivity index (χ1) is 8.20. The Morgan fingerprint density at radius 1 is 1.35 bits per heavy atom. The third-order valence-corrected chi connectivity index (χ3v) is 2.45. The minimum atomic E-state index is -0.526. The van der Waals surface area contributed by atoms with Crippen LogP contribution in [0.3, 0.4) is 0 Å². The SMILES string of the molecule is NCCc1cccc(-n2ccc(C(N)=O)n2)c1. The summed E-state index contributed by atoms with van der Waals surface area (Å²) in [7, 11) is 0. The Bertz CT molecular complexity index is 533. The summed E-state index contributed by atoms with van der Waals surface area (Å²) in [4.78, 5) is 10.9. The Morgan fingerprint density at radius 2 is 2.18 bits per heavy atom. The van der Waals surface area contributed by atoms with Crippen molar-refractivity contribution in [2.45, 2.75) is 6.42 Å². The molecule has 88 valence electrons. The predicted octanol–water partition coefficient (Wildman–Crippen LogP) is 0.472. The molecule has 17 heavy (non-hydrogen) atoms. The standard InChI is InChI=1S/C12H14N4O/c13-6-4-9-2-1-3-10(8-9)16-7-5-11(15-16)12(14)17/h1-3,5,7-8H,4,6,13H2,(H2,14,17). The Kier molecular flexibility index (Phi) is 3.20. The number of benzene rings is 1. The van der Waals surface area contributed by atoms with E-state index in [0.717, 1.165) is 17.7 Å². The molecule has 0 aliphatic carbocycles. The van der Waals surface area contributed by atoms with Crippen molar-refractivity contribution in [2.75, 3.05) is 6.54 Å². The molecule has 0 spiro atoms. The van der Waals surface area contributed by atoms with Gasteiger partial charge < -0.3 is 11.5 Å². The van der Waals surface area contributed by atoms with Gasteiger partial charge in [0.05, 0.1) is 5.69 Å². The van der Waals surface area contributed by atoms with Gasteiger partial charge in [-0.15, -0.1) is 0 Å². The van der Waals surface area contributed by atoms with Crippen LogP contribution < -0.4 is 11.5 Å². The number of primary amides is 1. The highest BCUT2D eigenvalue weighted by atomic mass is 16.1. The van der Waals surface area contributed by atoms with Gasteiger partial charge >= 0.3 is 0 Å². The summed E-state index contributed by atoms with van der Waals surface area (Å²) >= 11 is 0. The molecule has 1 aromatic heterocycles. The number of nitrogens with zero attached hydrogens (tertiary/aromatic N) is 2. The highest BCUT2D eigenvalue weighted by Gasteiger charge is 2.05. The molecule has 0 fully saturated rings. The first-order valence-electron chi connectivity index (χ1n) is 5.35. The topological polar surface area (TPSA) is 86.9 Å². The monoisotopic (exact) mass is 230 g/mol. The van der Waals surface area contributed by atoms with Gasteiger partial charge in [0.25, 0.3) is 5.91 Å². The van der Waals surface area contributed by atoms with Gasteiger partial charge in [-0.3, -0.25) is 4.79 Å². The van der Waals surface area contributed by atoms with Crippen LogP contribution in [0.2, 0.25) is 0 Å². The first-order valence-corrected chi connectivity index (χ1v) is 5.35. The molecule has 0 bridgehead atoms. The fraction of sp³-hybridized carbons (Fsp3) is 0.167. The van der Waals surface area contributed by atoms with E-state index in [1.54, 1.807) is 16.9 Å². The number of carbonyl (C=O) groups is 1. The van der Waals surface area contributed by atoms with E-state index in [0.29, 0.717) is 6.54 Å². The van der Waals surface area contributed by atoms with Gasteiger partial charge in [0.2, 0.25) is 0 Å². The highest BCUT2D eigenvalue weighted by molar-refractivity contribution is 5.90. The molecule has 0 saturated carbocycles. The lowest BCUT2D eigenvalue weighted by atomic mass is 10.1. The highest BCUT2D eigenvalue weighted by Crippen LogP contribution is 2.10. The number of rotatable bonds is 4. The Balaban J connectivity index is 2.31. The van der Waals surface area contributed by atoms with Crippen LogP contribution in [-0.4, -0.2) is 22.2 Å². The molecular weight excluding hydrogens is 216 g/mol. The Labute approximate surface area is 99.0 Å². The number of hydrogen-bond acceptors (Lipinski definition) is 3. The number of hydrogen-bond donors (Lipinski definition) is 2. The maximum absolute atomic E-state index is 10.9. The summed E-state index contributed by atoms with van der Waals surface area (Å²) in [6.07, 6.45) is 2.53. The second kappa shape index (κ2) is 4.80. The molecule has 0 saturated heterocycles. The van der Waals surface area contributed by atoms with E-state index in [4.69, 9.17) is 11.5 Å². The fourth-order valence-electron chi connectivity index (χ4n) is 1.62. The van der Waals surface area contributed by atoms with Crippen LogP contribution in [0, 0.1) is 0 Å². The maximum atomic E-state index is 10.9. The van der Waals surface area contributed by atoms with E-state index in [1.165, 1.54) is 0 Å². The van der Waals surface area contributed by atoms with Crippen LogP contribution in [0.25, 0.3) is 5.69 Å². The summed E-state index contributed by atoms with van der Waals surface area (Å²) in [5.41, 5.74) is 13.0. The van der Waals surface area contributed by atoms with Gasteiger partial charge in [-0.25, -0.2) is 4.68 Å². The zero-order valence-electron chi connectivity index (χ0n) is 9.34. The summed E-state index contributed by atoms with van der Waals surface area (Å²) in [5, 5.41) is 4.09. The van der Waals surface area contributed by atoms with Crippen LogP contribution in [0.5, 0.6) is 0 Å². The molecule has 4 N–H and O–H groups in total. The first kappa shape index (κ1) is 11.3. The van der Waals surface area contributed by atoms with Gasteiger partial charge in [0, 0.05) is 6.20 Å². The maximum Gasteiger partial charge on any atom is 0.269 e. The van der Waals surface area contributed by atoms with E-state index in [-0.39, 0.29) is 5.69 Å². The van der Waals surface area contributed by atoms with Gasteiger partial charge in [-0.05, 0) is 36.7 Å². The quantitative estimate of drug-likeness (QED) is 0.800. The molecule has 1 aromatic carbocycles. The van der Waals surface area contributed by atoms with Crippen LogP contribution in [-0.2, 0) is 6.42 Å². The zero-order chi connectivity index (χ0) is 12.3. The largest absolute Gasteiger partial charge is 0.364 e. The van der Waals surface area contributed by atoms with Crippen molar-refractivity contribution in [1.82, 2.24) is 9.78 Å². The molecule has 0 radical (unpaired) electrons. The molecule has 5 nitrogen and oxygen atoms in total. The van der Waals surface area contributed by atoms with Crippen molar-refractivity contribution in [2.24, 2.45) is 11.5 Å². The molecule has 0 aliphatic rings. The third-order valence-electron chi connectivity index (χ3n) is 2.45. The minimum absolute atomic E-state index is 0.259. The average molecular weight is 230 g/mol. The number of amides is 1. The Morgan fingerprint density at radius 3 is 2.82 bits per heavy atom. The summed E-state index contributed by atoms with van der Waals surface area (Å²) < 4.78 is 1.63. The smallest absolute Gasteiger partial charge is 0.269 e. The Hall–Kier alpha value is -2.14. The van der Waals surface area contributed by atoms with E-state index >= 15 is 0 Å². The molecule has 2 aromatic rings. The zero-order valence-corrected chi connectivity index (χ0v) is 9.34. The lowest BCUT2D eigenvalue weighted by molar-refractivity contribution is 0.0995. The van der Waals surface area contributed by atoms with Gasteiger partial charge in [-0.2, -0.15) is 5.10 Å². The molecule has 2 rings (SSSR count). The number of carbonyl (C=O) groups excluding carboxylic acids is 1. The normalized spacial score (nSPS) is 10.4. The van der Waals surface area contributed by atoms with Crippen molar-refractivity contribution in [3.8, 4) is 5.69 Å². The summed E-state index contributed by atoms with van der Waals surface area (Å²) in [6.45, 7) is 0.606. The van der Waals surface area contributed by atoms with Gasteiger partial charge in [-0.1, -0.05) is 12.1 Å². The summed E-state index contributed by atoms with van der Waals surface area (Å²) in [5.74, 6) is -0.526. The van der Waals surface area contributed by atoms with Crippen LogP contribution >= 0.6 is 0 Å². The molecule has 0 unspecified atom stereocenters. The van der Waals surface area contributed by atoms with Crippen LogP contribution in [0.1, 0.15) is 16.1 Å². The lowest BCUT2D eigenvalue weighted by Gasteiger charge is -2.04. The number of aromatic nitrogens is 2. The molecule has 1 amide bonds. The van der Waals surface area contributed by atoms with Gasteiger partial charge in [0.15, 0.2) is 0 Å². The van der Waals surface area contributed by atoms with Crippen molar-refractivity contribution >= 4 is 5.91 Å². The molecular formula is C12H14N4O. The van der Waals surface area contributed by atoms with Crippen LogP contribution in [0.15, 0.2) is 36.5 Å². The predicted molar refractivity (Wildman–Crippen MR) is 64.8 cm³/mol. The fourth-order valence-corrected chi connectivity index (χ4v) is 1.62. The van der Waals surface area contributed by atoms with E-state index in [9.17, 15) is 4.79 Å². The van der Waals surface area contributed by atoms with Crippen molar-refractivity contribution in [3.63, 3.8) is 0 Å². The van der Waals surface area contributed by atoms with Crippen molar-refractivity contribution in [3.05, 3.63) is 47.8 Å². The molecule has 0 atom stereocenters. The van der Waals surface area contributed by atoms with Crippen molar-refractivity contribution in [1.29, 1.82) is 0 Å². The minimum Gasteiger partial charge on any atom is -0.364 e. The number of nitrogens with two attached hydrogens (primary N) is 2. The average Bonchev–Trinajstić information content (AvgIpc) is 2.79. The van der Waals surface area contributed by atoms with E-state index < -0.39 is 5.91 Å². The second-order valence-corrected chi connectivity index (χ2v) is 3.72. The van der Waals surface area contributed by atoms with E-state index in [1.807, 2.05) is 24.3 Å². The second-order valence-electron chi connectivity index (χ2n) is 3.72. The summed E-state index contributed by atoms with van der Waals surface area (Å²) in [6, 6.07) is 9.45. The molecule has 1 heterocycles. The van der Waals surface area contributed by atoms with Gasteiger partial charge in [0.1, 0.15) is 5.69 Å². The van der Waals surface area contributed by atoms with Crippen LogP contribution in [0.4, 0.5) is 0 Å². The third kappa shape index (κ3) is 2.51. The molecule has 0 aliphatic heterocycles.